The smallest absolute Gasteiger partial charge is 0.306 e. The van der Waals surface area contributed by atoms with Gasteiger partial charge in [-0.3, -0.25) is 14.4 Å². The fraction of sp³-hybridized carbons (Fsp3) is 0.787. The third kappa shape index (κ3) is 53.9. The summed E-state index contributed by atoms with van der Waals surface area (Å²) in [6.07, 6.45) is 69.1. The lowest BCUT2D eigenvalue weighted by Gasteiger charge is -2.18. The highest BCUT2D eigenvalue weighted by atomic mass is 16.6. The summed E-state index contributed by atoms with van der Waals surface area (Å²) in [5.74, 6) is -0.890. The summed E-state index contributed by atoms with van der Waals surface area (Å²) in [5, 5.41) is 0. The summed E-state index contributed by atoms with van der Waals surface area (Å²) in [5.41, 5.74) is 0. The number of carbonyl (C=O) groups excluding carboxylic acids is 3. The number of esters is 3. The maximum Gasteiger partial charge on any atom is 0.306 e. The van der Waals surface area contributed by atoms with E-state index in [9.17, 15) is 14.4 Å². The lowest BCUT2D eigenvalue weighted by molar-refractivity contribution is -0.167. The van der Waals surface area contributed by atoms with E-state index < -0.39 is 6.10 Å². The topological polar surface area (TPSA) is 78.9 Å². The quantitative estimate of drug-likeness (QED) is 0.0199. The molecule has 0 heterocycles. The molecule has 6 heteroatoms. The molecule has 0 spiro atoms. The second kappa shape index (κ2) is 55.7. The molecule has 0 aliphatic rings. The van der Waals surface area contributed by atoms with E-state index in [0.717, 1.165) is 70.6 Å². The van der Waals surface area contributed by atoms with Crippen molar-refractivity contribution in [1.29, 1.82) is 0 Å². The Labute approximate surface area is 415 Å². The Bertz CT molecular complexity index is 1210. The van der Waals surface area contributed by atoms with Crippen LogP contribution < -0.4 is 0 Å². The van der Waals surface area contributed by atoms with E-state index in [-0.39, 0.29) is 31.1 Å². The normalized spacial score (nSPS) is 12.5. The van der Waals surface area contributed by atoms with Crippen LogP contribution in [0.2, 0.25) is 0 Å². The van der Waals surface area contributed by atoms with E-state index in [1.165, 1.54) is 180 Å². The van der Waals surface area contributed by atoms with Gasteiger partial charge < -0.3 is 14.2 Å². The van der Waals surface area contributed by atoms with E-state index >= 15 is 0 Å². The van der Waals surface area contributed by atoms with Crippen LogP contribution >= 0.6 is 0 Å². The van der Waals surface area contributed by atoms with Crippen LogP contribution in [0, 0.1) is 0 Å². The molecule has 0 rings (SSSR count). The minimum atomic E-state index is -0.783. The van der Waals surface area contributed by atoms with Crippen LogP contribution in [0.25, 0.3) is 0 Å². The third-order valence-corrected chi connectivity index (χ3v) is 12.5. The van der Waals surface area contributed by atoms with Crippen LogP contribution in [0.1, 0.15) is 290 Å². The zero-order chi connectivity index (χ0) is 48.6. The molecule has 0 aromatic carbocycles. The van der Waals surface area contributed by atoms with Crippen LogP contribution in [0.5, 0.6) is 0 Å². The standard InChI is InChI=1S/C61H108O6/c1-4-7-10-13-16-19-22-25-28-29-30-31-34-36-39-42-45-48-51-54-60(63)66-57-58(67-61(64)55-52-49-46-43-40-37-33-27-24-21-18-15-12-9-6-3)56-65-59(62)53-50-47-44-41-38-35-32-26-23-20-17-14-11-8-5-2/h16,18-25,27,58H,4-15,17,26,28-57H2,1-3H3/b19-16-,21-18-,23-20-,25-22-,27-24-. The first-order valence-electron chi connectivity index (χ1n) is 28.8. The molecule has 0 aromatic heterocycles. The number of allylic oxidation sites excluding steroid dienone is 10. The number of rotatable bonds is 52. The summed E-state index contributed by atoms with van der Waals surface area (Å²) in [6.45, 7) is 6.58. The van der Waals surface area contributed by atoms with Gasteiger partial charge in [0, 0.05) is 19.3 Å². The average Bonchev–Trinajstić information content (AvgIpc) is 3.33. The summed E-state index contributed by atoms with van der Waals surface area (Å²) in [4.78, 5) is 38.1. The molecular formula is C61H108O6. The molecule has 1 atom stereocenters. The zero-order valence-corrected chi connectivity index (χ0v) is 44.4. The molecule has 0 aliphatic carbocycles. The molecule has 0 radical (unpaired) electrons. The molecule has 0 N–H and O–H groups in total. The molecule has 388 valence electrons. The molecule has 67 heavy (non-hydrogen) atoms. The molecule has 0 saturated carbocycles. The second-order valence-corrected chi connectivity index (χ2v) is 19.3. The lowest BCUT2D eigenvalue weighted by Crippen LogP contribution is -2.30. The highest BCUT2D eigenvalue weighted by molar-refractivity contribution is 5.71. The van der Waals surface area contributed by atoms with E-state index in [0.29, 0.717) is 19.3 Å². The van der Waals surface area contributed by atoms with E-state index in [2.05, 4.69) is 81.5 Å². The minimum absolute atomic E-state index is 0.0812. The first-order chi connectivity index (χ1) is 33.0. The zero-order valence-electron chi connectivity index (χ0n) is 44.4. The Hall–Kier alpha value is -2.89. The van der Waals surface area contributed by atoms with E-state index in [4.69, 9.17) is 14.2 Å². The third-order valence-electron chi connectivity index (χ3n) is 12.5. The van der Waals surface area contributed by atoms with Gasteiger partial charge in [-0.15, -0.1) is 0 Å². The summed E-state index contributed by atoms with van der Waals surface area (Å²) >= 11 is 0. The Morgan fingerprint density at radius 2 is 0.537 bits per heavy atom. The summed E-state index contributed by atoms with van der Waals surface area (Å²) in [7, 11) is 0. The SMILES string of the molecule is CCCCC/C=C\C=C/CCCCCCCCCCCCC(=O)OCC(COC(=O)CCCCCCCCC/C=C\CCCCCC)OC(=O)CCCCCCCC/C=C\C=C/CCCCC. The van der Waals surface area contributed by atoms with Gasteiger partial charge in [0.1, 0.15) is 13.2 Å². The maximum atomic E-state index is 12.8. The number of ether oxygens (including phenoxy) is 3. The molecule has 0 aliphatic heterocycles. The predicted octanol–water partition coefficient (Wildman–Crippen LogP) is 19.2. The molecule has 0 fully saturated rings. The minimum Gasteiger partial charge on any atom is -0.462 e. The molecule has 0 bridgehead atoms. The predicted molar refractivity (Wildman–Crippen MR) is 288 cm³/mol. The van der Waals surface area contributed by atoms with Crippen molar-refractivity contribution in [3.8, 4) is 0 Å². The van der Waals surface area contributed by atoms with Crippen LogP contribution in [-0.2, 0) is 28.6 Å². The van der Waals surface area contributed by atoms with E-state index in [1.54, 1.807) is 0 Å². The highest BCUT2D eigenvalue weighted by Crippen LogP contribution is 2.15. The van der Waals surface area contributed by atoms with Crippen molar-refractivity contribution in [2.45, 2.75) is 297 Å². The summed E-state index contributed by atoms with van der Waals surface area (Å²) in [6, 6.07) is 0. The number of carbonyl (C=O) groups is 3. The molecule has 0 aromatic rings. The maximum absolute atomic E-state index is 12.8. The molecule has 6 nitrogen and oxygen atoms in total. The Morgan fingerprint density at radius 1 is 0.299 bits per heavy atom. The van der Waals surface area contributed by atoms with Crippen molar-refractivity contribution < 1.29 is 28.6 Å². The second-order valence-electron chi connectivity index (χ2n) is 19.3. The van der Waals surface area contributed by atoms with Crippen LogP contribution in [-0.4, -0.2) is 37.2 Å². The first kappa shape index (κ1) is 64.1. The van der Waals surface area contributed by atoms with Gasteiger partial charge in [-0.2, -0.15) is 0 Å². The van der Waals surface area contributed by atoms with E-state index in [1.807, 2.05) is 0 Å². The van der Waals surface area contributed by atoms with Crippen molar-refractivity contribution in [3.05, 3.63) is 60.8 Å². The molecular weight excluding hydrogens is 829 g/mol. The van der Waals surface area contributed by atoms with Crippen LogP contribution in [0.3, 0.4) is 0 Å². The van der Waals surface area contributed by atoms with Crippen molar-refractivity contribution >= 4 is 17.9 Å². The van der Waals surface area contributed by atoms with Crippen LogP contribution in [0.15, 0.2) is 60.8 Å². The number of unbranched alkanes of at least 4 members (excludes halogenated alkanes) is 33. The molecule has 0 saturated heterocycles. The van der Waals surface area contributed by atoms with Gasteiger partial charge in [0.05, 0.1) is 0 Å². The van der Waals surface area contributed by atoms with Gasteiger partial charge in [-0.05, 0) is 96.3 Å². The van der Waals surface area contributed by atoms with Gasteiger partial charge in [-0.25, -0.2) is 0 Å². The van der Waals surface area contributed by atoms with Gasteiger partial charge in [0.25, 0.3) is 0 Å². The summed E-state index contributed by atoms with van der Waals surface area (Å²) < 4.78 is 16.9. The lowest BCUT2D eigenvalue weighted by atomic mass is 10.1. The van der Waals surface area contributed by atoms with Crippen molar-refractivity contribution in [1.82, 2.24) is 0 Å². The van der Waals surface area contributed by atoms with Crippen molar-refractivity contribution in [3.63, 3.8) is 0 Å². The highest BCUT2D eigenvalue weighted by Gasteiger charge is 2.19. The Kier molecular flexibility index (Phi) is 53.3. The van der Waals surface area contributed by atoms with Gasteiger partial charge in [-0.1, -0.05) is 236 Å². The number of hydrogen-bond acceptors (Lipinski definition) is 6. The Morgan fingerprint density at radius 3 is 0.866 bits per heavy atom. The first-order valence-corrected chi connectivity index (χ1v) is 28.8. The van der Waals surface area contributed by atoms with Crippen LogP contribution in [0.4, 0.5) is 0 Å². The Balaban J connectivity index is 4.38. The van der Waals surface area contributed by atoms with Gasteiger partial charge in [0.15, 0.2) is 6.10 Å². The van der Waals surface area contributed by atoms with Crippen molar-refractivity contribution in [2.75, 3.05) is 13.2 Å². The van der Waals surface area contributed by atoms with Gasteiger partial charge >= 0.3 is 17.9 Å². The largest absolute Gasteiger partial charge is 0.462 e. The van der Waals surface area contributed by atoms with Crippen molar-refractivity contribution in [2.24, 2.45) is 0 Å². The average molecular weight is 938 g/mol. The monoisotopic (exact) mass is 937 g/mol. The molecule has 0 amide bonds. The fourth-order valence-electron chi connectivity index (χ4n) is 8.13. The molecule has 1 unspecified atom stereocenters. The van der Waals surface area contributed by atoms with Gasteiger partial charge in [0.2, 0.25) is 0 Å². The fourth-order valence-corrected chi connectivity index (χ4v) is 8.13. The number of hydrogen-bond donors (Lipinski definition) is 0.